The summed E-state index contributed by atoms with van der Waals surface area (Å²) in [5.41, 5.74) is 1.04. The average molecular weight is 138 g/mol. The maximum absolute atomic E-state index is 11.3. The van der Waals surface area contributed by atoms with Crippen molar-refractivity contribution in [3.05, 3.63) is 11.6 Å². The summed E-state index contributed by atoms with van der Waals surface area (Å²) in [5, 5.41) is 0. The van der Waals surface area contributed by atoms with E-state index in [0.29, 0.717) is 5.78 Å². The lowest BCUT2D eigenvalue weighted by molar-refractivity contribution is -0.125. The molecule has 10 heavy (non-hydrogen) atoms. The number of Topliss-reactive ketones (excluding diaryl/α,β-unsaturated/α-hetero) is 1. The van der Waals surface area contributed by atoms with Crippen molar-refractivity contribution in [2.75, 3.05) is 0 Å². The molecule has 56 valence electrons. The molecular weight excluding hydrogens is 124 g/mol. The van der Waals surface area contributed by atoms with E-state index in [9.17, 15) is 4.79 Å². The van der Waals surface area contributed by atoms with Crippen molar-refractivity contribution in [2.45, 2.75) is 33.6 Å². The third kappa shape index (κ3) is 1.00. The number of ketones is 1. The molecule has 0 N–H and O–H groups in total. The molecule has 0 aromatic heterocycles. The highest BCUT2D eigenvalue weighted by molar-refractivity contribution is 5.88. The Morgan fingerprint density at radius 3 is 2.50 bits per heavy atom. The van der Waals surface area contributed by atoms with Crippen LogP contribution in [0.4, 0.5) is 0 Å². The molecule has 0 bridgehead atoms. The maximum atomic E-state index is 11.3. The Morgan fingerprint density at radius 1 is 1.50 bits per heavy atom. The Hall–Kier alpha value is -0.590. The van der Waals surface area contributed by atoms with E-state index >= 15 is 0 Å². The summed E-state index contributed by atoms with van der Waals surface area (Å²) in [5.74, 6) is 0.382. The molecule has 0 aromatic rings. The van der Waals surface area contributed by atoms with E-state index in [-0.39, 0.29) is 5.41 Å². The summed E-state index contributed by atoms with van der Waals surface area (Å²) < 4.78 is 0. The van der Waals surface area contributed by atoms with Gasteiger partial charge in [-0.1, -0.05) is 11.6 Å². The fraction of sp³-hybridized carbons (Fsp3) is 0.667. The first-order valence-corrected chi connectivity index (χ1v) is 3.75. The van der Waals surface area contributed by atoms with Crippen molar-refractivity contribution in [3.63, 3.8) is 0 Å². The Morgan fingerprint density at radius 2 is 2.10 bits per heavy atom. The van der Waals surface area contributed by atoms with Gasteiger partial charge in [0, 0.05) is 11.8 Å². The smallest absolute Gasteiger partial charge is 0.142 e. The molecule has 0 saturated carbocycles. The zero-order valence-corrected chi connectivity index (χ0v) is 6.90. The third-order valence-electron chi connectivity index (χ3n) is 2.50. The van der Waals surface area contributed by atoms with Crippen molar-refractivity contribution in [1.82, 2.24) is 0 Å². The van der Waals surface area contributed by atoms with Gasteiger partial charge in [0.1, 0.15) is 5.78 Å². The molecule has 1 aliphatic rings. The summed E-state index contributed by atoms with van der Waals surface area (Å²) >= 11 is 0. The molecule has 0 fully saturated rings. The third-order valence-corrected chi connectivity index (χ3v) is 2.50. The molecule has 1 heteroatoms. The molecule has 1 rings (SSSR count). The topological polar surface area (TPSA) is 17.1 Å². The van der Waals surface area contributed by atoms with E-state index in [0.717, 1.165) is 12.8 Å². The molecule has 0 aliphatic heterocycles. The lowest BCUT2D eigenvalue weighted by atomic mass is 9.75. The standard InChI is InChI=1S/C9H14O/c1-7-5-4-6-8(10)9(7,2)3/h5H,4,6H2,1-3H3. The van der Waals surface area contributed by atoms with Crippen LogP contribution in [0.15, 0.2) is 11.6 Å². The minimum absolute atomic E-state index is 0.182. The van der Waals surface area contributed by atoms with Crippen molar-refractivity contribution in [2.24, 2.45) is 5.41 Å². The molecule has 0 saturated heterocycles. The van der Waals surface area contributed by atoms with Crippen molar-refractivity contribution in [1.29, 1.82) is 0 Å². The molecule has 0 spiro atoms. The van der Waals surface area contributed by atoms with Gasteiger partial charge < -0.3 is 0 Å². The van der Waals surface area contributed by atoms with Crippen LogP contribution in [-0.4, -0.2) is 5.78 Å². The molecule has 0 aromatic carbocycles. The van der Waals surface area contributed by atoms with Gasteiger partial charge in [-0.05, 0) is 27.2 Å². The normalized spacial score (nSPS) is 24.3. The zero-order valence-electron chi connectivity index (χ0n) is 6.90. The predicted octanol–water partition coefficient (Wildman–Crippen LogP) is 2.32. The fourth-order valence-electron chi connectivity index (χ4n) is 1.21. The summed E-state index contributed by atoms with van der Waals surface area (Å²) in [7, 11) is 0. The summed E-state index contributed by atoms with van der Waals surface area (Å²) in [6.07, 6.45) is 3.83. The molecular formula is C9H14O. The minimum atomic E-state index is -0.182. The van der Waals surface area contributed by atoms with Crippen LogP contribution in [0.3, 0.4) is 0 Å². The van der Waals surface area contributed by atoms with Gasteiger partial charge in [-0.2, -0.15) is 0 Å². The lowest BCUT2D eigenvalue weighted by Gasteiger charge is -2.27. The lowest BCUT2D eigenvalue weighted by Crippen LogP contribution is -2.27. The van der Waals surface area contributed by atoms with Gasteiger partial charge in [0.2, 0.25) is 0 Å². The Kier molecular flexibility index (Phi) is 1.67. The zero-order chi connectivity index (χ0) is 7.78. The monoisotopic (exact) mass is 138 g/mol. The van der Waals surface area contributed by atoms with Crippen LogP contribution in [0.2, 0.25) is 0 Å². The first-order valence-electron chi connectivity index (χ1n) is 3.75. The molecule has 0 amide bonds. The fourth-order valence-corrected chi connectivity index (χ4v) is 1.21. The second-order valence-corrected chi connectivity index (χ2v) is 3.47. The van der Waals surface area contributed by atoms with Crippen molar-refractivity contribution in [3.8, 4) is 0 Å². The highest BCUT2D eigenvalue weighted by Gasteiger charge is 2.30. The van der Waals surface area contributed by atoms with Crippen LogP contribution < -0.4 is 0 Å². The molecule has 1 nitrogen and oxygen atoms in total. The van der Waals surface area contributed by atoms with Crippen LogP contribution in [0.5, 0.6) is 0 Å². The SMILES string of the molecule is CC1=CCCC(=O)C1(C)C. The Bertz CT molecular complexity index is 187. The average Bonchev–Trinajstić information content (AvgIpc) is 1.84. The van der Waals surface area contributed by atoms with E-state index in [4.69, 9.17) is 0 Å². The molecule has 0 unspecified atom stereocenters. The van der Waals surface area contributed by atoms with Crippen molar-refractivity contribution < 1.29 is 4.79 Å². The maximum Gasteiger partial charge on any atom is 0.142 e. The molecule has 0 atom stereocenters. The second kappa shape index (κ2) is 2.22. The number of hydrogen-bond donors (Lipinski definition) is 0. The van der Waals surface area contributed by atoms with Gasteiger partial charge in [0.25, 0.3) is 0 Å². The van der Waals surface area contributed by atoms with Gasteiger partial charge in [0.05, 0.1) is 0 Å². The first kappa shape index (κ1) is 7.52. The summed E-state index contributed by atoms with van der Waals surface area (Å²) in [6, 6.07) is 0. The quantitative estimate of drug-likeness (QED) is 0.469. The van der Waals surface area contributed by atoms with E-state index in [1.54, 1.807) is 0 Å². The Balaban J connectivity index is 2.95. The number of rotatable bonds is 0. The molecule has 0 heterocycles. The largest absolute Gasteiger partial charge is 0.299 e. The van der Waals surface area contributed by atoms with Gasteiger partial charge in [0.15, 0.2) is 0 Å². The summed E-state index contributed by atoms with van der Waals surface area (Å²) in [6.45, 7) is 6.04. The highest BCUT2D eigenvalue weighted by atomic mass is 16.1. The summed E-state index contributed by atoms with van der Waals surface area (Å²) in [4.78, 5) is 11.3. The van der Waals surface area contributed by atoms with E-state index in [2.05, 4.69) is 6.08 Å². The van der Waals surface area contributed by atoms with Crippen LogP contribution in [0, 0.1) is 5.41 Å². The first-order chi connectivity index (χ1) is 4.55. The number of carbonyl (C=O) groups is 1. The predicted molar refractivity (Wildman–Crippen MR) is 41.8 cm³/mol. The van der Waals surface area contributed by atoms with Gasteiger partial charge in [-0.15, -0.1) is 0 Å². The molecule has 0 radical (unpaired) electrons. The highest BCUT2D eigenvalue weighted by Crippen LogP contribution is 2.32. The van der Waals surface area contributed by atoms with Crippen LogP contribution >= 0.6 is 0 Å². The van der Waals surface area contributed by atoms with Crippen LogP contribution in [-0.2, 0) is 4.79 Å². The van der Waals surface area contributed by atoms with Gasteiger partial charge in [-0.3, -0.25) is 4.79 Å². The van der Waals surface area contributed by atoms with E-state index in [1.807, 2.05) is 20.8 Å². The molecule has 1 aliphatic carbocycles. The van der Waals surface area contributed by atoms with E-state index in [1.165, 1.54) is 5.57 Å². The number of hydrogen-bond acceptors (Lipinski definition) is 1. The minimum Gasteiger partial charge on any atom is -0.299 e. The second-order valence-electron chi connectivity index (χ2n) is 3.47. The van der Waals surface area contributed by atoms with Gasteiger partial charge >= 0.3 is 0 Å². The van der Waals surface area contributed by atoms with E-state index < -0.39 is 0 Å². The van der Waals surface area contributed by atoms with Crippen molar-refractivity contribution >= 4 is 5.78 Å². The van der Waals surface area contributed by atoms with Crippen LogP contribution in [0.25, 0.3) is 0 Å². The number of carbonyl (C=O) groups excluding carboxylic acids is 1. The number of allylic oxidation sites excluding steroid dienone is 2. The Labute approximate surface area is 62.1 Å². The van der Waals surface area contributed by atoms with Crippen LogP contribution in [0.1, 0.15) is 33.6 Å². The van der Waals surface area contributed by atoms with Gasteiger partial charge in [-0.25, -0.2) is 0 Å².